The van der Waals surface area contributed by atoms with Crippen molar-refractivity contribution >= 4 is 32.7 Å². The number of carbonyl (C=O) groups is 1. The Morgan fingerprint density at radius 3 is 2.61 bits per heavy atom. The third-order valence-corrected chi connectivity index (χ3v) is 6.33. The topological polar surface area (TPSA) is 157 Å². The highest BCUT2D eigenvalue weighted by Gasteiger charge is 2.28. The van der Waals surface area contributed by atoms with Crippen molar-refractivity contribution in [2.75, 3.05) is 5.32 Å². The third kappa shape index (κ3) is 3.89. The summed E-state index contributed by atoms with van der Waals surface area (Å²) in [6.07, 6.45) is 1.82. The SMILES string of the molecule is CCn1c(=O)[nH]c(=O)c2c(C(=O)Nc3ccc(C)c(S(N)(=O)=O)c3)cc(C3CC3)nc21. The molecule has 1 fully saturated rings. The molecule has 0 atom stereocenters. The van der Waals surface area contributed by atoms with Gasteiger partial charge in [-0.25, -0.2) is 23.3 Å². The van der Waals surface area contributed by atoms with Crippen molar-refractivity contribution in [1.29, 1.82) is 0 Å². The molecule has 4 N–H and O–H groups in total. The van der Waals surface area contributed by atoms with Crippen molar-refractivity contribution in [2.45, 2.75) is 44.0 Å². The first-order valence-corrected chi connectivity index (χ1v) is 11.3. The normalized spacial score (nSPS) is 14.0. The van der Waals surface area contributed by atoms with Crippen LogP contribution in [0.5, 0.6) is 0 Å². The minimum absolute atomic E-state index is 0.00197. The molecule has 1 amide bonds. The van der Waals surface area contributed by atoms with Crippen molar-refractivity contribution in [3.05, 3.63) is 61.9 Å². The van der Waals surface area contributed by atoms with E-state index in [0.717, 1.165) is 12.8 Å². The number of sulfonamides is 1. The van der Waals surface area contributed by atoms with Gasteiger partial charge in [-0.3, -0.25) is 19.1 Å². The number of amides is 1. The molecule has 11 heteroatoms. The van der Waals surface area contributed by atoms with Gasteiger partial charge in [0.1, 0.15) is 0 Å². The van der Waals surface area contributed by atoms with Crippen LogP contribution in [0.2, 0.25) is 0 Å². The van der Waals surface area contributed by atoms with Gasteiger partial charge in [0, 0.05) is 23.8 Å². The first kappa shape index (κ1) is 20.9. The summed E-state index contributed by atoms with van der Waals surface area (Å²) in [5.41, 5.74) is 0.195. The number of fused-ring (bicyclic) bond motifs is 1. The number of aromatic nitrogens is 3. The minimum Gasteiger partial charge on any atom is -0.322 e. The predicted octanol–water partition coefficient (Wildman–Crippen LogP) is 1.19. The van der Waals surface area contributed by atoms with E-state index >= 15 is 0 Å². The van der Waals surface area contributed by atoms with Gasteiger partial charge in [-0.15, -0.1) is 0 Å². The molecule has 1 saturated carbocycles. The van der Waals surface area contributed by atoms with Crippen LogP contribution >= 0.6 is 0 Å². The lowest BCUT2D eigenvalue weighted by atomic mass is 10.1. The van der Waals surface area contributed by atoms with Crippen LogP contribution in [-0.2, 0) is 16.6 Å². The Hall–Kier alpha value is -3.31. The molecule has 10 nitrogen and oxygen atoms in total. The Kier molecular flexibility index (Phi) is 5.02. The van der Waals surface area contributed by atoms with Crippen molar-refractivity contribution in [3.63, 3.8) is 0 Å². The fraction of sp³-hybridized carbons (Fsp3) is 0.300. The number of aromatic amines is 1. The molecule has 0 radical (unpaired) electrons. The van der Waals surface area contributed by atoms with Gasteiger partial charge in [-0.2, -0.15) is 0 Å². The summed E-state index contributed by atoms with van der Waals surface area (Å²) in [7, 11) is -3.98. The second-order valence-corrected chi connectivity index (χ2v) is 9.08. The van der Waals surface area contributed by atoms with E-state index in [9.17, 15) is 22.8 Å². The number of benzene rings is 1. The minimum atomic E-state index is -3.98. The lowest BCUT2D eigenvalue weighted by Crippen LogP contribution is -2.32. The van der Waals surface area contributed by atoms with Crippen LogP contribution in [0.3, 0.4) is 0 Å². The van der Waals surface area contributed by atoms with Crippen LogP contribution in [0.1, 0.15) is 47.3 Å². The van der Waals surface area contributed by atoms with E-state index in [4.69, 9.17) is 5.14 Å². The summed E-state index contributed by atoms with van der Waals surface area (Å²) in [5.74, 6) is -0.450. The highest BCUT2D eigenvalue weighted by molar-refractivity contribution is 7.89. The summed E-state index contributed by atoms with van der Waals surface area (Å²) in [6.45, 7) is 3.60. The molecule has 4 rings (SSSR count). The van der Waals surface area contributed by atoms with E-state index < -0.39 is 27.2 Å². The predicted molar refractivity (Wildman–Crippen MR) is 115 cm³/mol. The summed E-state index contributed by atoms with van der Waals surface area (Å²) in [4.78, 5) is 44.6. The van der Waals surface area contributed by atoms with E-state index in [1.54, 1.807) is 26.0 Å². The van der Waals surface area contributed by atoms with Gasteiger partial charge >= 0.3 is 5.69 Å². The van der Waals surface area contributed by atoms with Gasteiger partial charge in [-0.1, -0.05) is 6.07 Å². The Balaban J connectivity index is 1.87. The molecule has 2 aromatic heterocycles. The first-order valence-electron chi connectivity index (χ1n) is 9.72. The number of carbonyl (C=O) groups excluding carboxylic acids is 1. The molecule has 1 aromatic carbocycles. The molecule has 0 bridgehead atoms. The van der Waals surface area contributed by atoms with Gasteiger partial charge in [0.15, 0.2) is 5.65 Å². The van der Waals surface area contributed by atoms with E-state index in [0.29, 0.717) is 11.3 Å². The van der Waals surface area contributed by atoms with Crippen LogP contribution in [0.15, 0.2) is 38.8 Å². The van der Waals surface area contributed by atoms with Crippen molar-refractivity contribution in [3.8, 4) is 0 Å². The molecular weight excluding hydrogens is 422 g/mol. The van der Waals surface area contributed by atoms with Crippen molar-refractivity contribution in [2.24, 2.45) is 5.14 Å². The van der Waals surface area contributed by atoms with Gasteiger partial charge in [0.25, 0.3) is 11.5 Å². The van der Waals surface area contributed by atoms with Crippen LogP contribution in [-0.4, -0.2) is 28.9 Å². The number of aryl methyl sites for hydroxylation is 2. The molecular formula is C20H21N5O5S. The third-order valence-electron chi connectivity index (χ3n) is 5.28. The molecule has 3 aromatic rings. The quantitative estimate of drug-likeness (QED) is 0.537. The van der Waals surface area contributed by atoms with Gasteiger partial charge in [-0.05, 0) is 50.5 Å². The number of H-pyrrole nitrogens is 1. The summed E-state index contributed by atoms with van der Waals surface area (Å²) in [6, 6.07) is 5.89. The monoisotopic (exact) mass is 443 g/mol. The van der Waals surface area contributed by atoms with Gasteiger partial charge in [0.2, 0.25) is 10.0 Å². The van der Waals surface area contributed by atoms with E-state index in [-0.39, 0.29) is 39.6 Å². The zero-order chi connectivity index (χ0) is 22.5. The van der Waals surface area contributed by atoms with Gasteiger partial charge in [0.05, 0.1) is 15.8 Å². The Labute approximate surface area is 177 Å². The zero-order valence-electron chi connectivity index (χ0n) is 16.9. The zero-order valence-corrected chi connectivity index (χ0v) is 17.7. The first-order chi connectivity index (χ1) is 14.6. The maximum atomic E-state index is 13.1. The van der Waals surface area contributed by atoms with E-state index in [1.807, 2.05) is 0 Å². The largest absolute Gasteiger partial charge is 0.329 e. The average Bonchev–Trinajstić information content (AvgIpc) is 3.53. The van der Waals surface area contributed by atoms with E-state index in [1.165, 1.54) is 16.7 Å². The van der Waals surface area contributed by atoms with Crippen LogP contribution in [0.4, 0.5) is 5.69 Å². The summed E-state index contributed by atoms with van der Waals surface area (Å²) < 4.78 is 24.9. The van der Waals surface area contributed by atoms with Crippen LogP contribution in [0.25, 0.3) is 11.0 Å². The molecule has 1 aliphatic rings. The Morgan fingerprint density at radius 2 is 2.00 bits per heavy atom. The summed E-state index contributed by atoms with van der Waals surface area (Å²) in [5, 5.41) is 7.87. The fourth-order valence-corrected chi connectivity index (χ4v) is 4.34. The molecule has 31 heavy (non-hydrogen) atoms. The van der Waals surface area contributed by atoms with Crippen LogP contribution in [0, 0.1) is 6.92 Å². The molecule has 0 saturated heterocycles. The number of nitrogens with one attached hydrogen (secondary N) is 2. The second kappa shape index (κ2) is 7.43. The Morgan fingerprint density at radius 1 is 1.29 bits per heavy atom. The fourth-order valence-electron chi connectivity index (χ4n) is 3.54. The number of hydrogen-bond acceptors (Lipinski definition) is 6. The number of rotatable bonds is 5. The Bertz CT molecular complexity index is 1450. The molecule has 2 heterocycles. The maximum Gasteiger partial charge on any atom is 0.329 e. The average molecular weight is 443 g/mol. The van der Waals surface area contributed by atoms with Crippen LogP contribution < -0.4 is 21.7 Å². The van der Waals surface area contributed by atoms with E-state index in [2.05, 4.69) is 15.3 Å². The molecule has 1 aliphatic carbocycles. The van der Waals surface area contributed by atoms with Gasteiger partial charge < -0.3 is 5.32 Å². The molecule has 162 valence electrons. The standard InChI is InChI=1S/C20H21N5O5S/c1-3-25-17-16(19(27)24-20(25)28)13(9-14(23-17)11-5-6-11)18(26)22-12-7-4-10(2)15(8-12)31(21,29)30/h4,7-9,11H,3,5-6H2,1-2H3,(H,22,26)(H2,21,29,30)(H,24,27,28). The number of nitrogens with zero attached hydrogens (tertiary/aromatic N) is 2. The van der Waals surface area contributed by atoms with Crippen molar-refractivity contribution < 1.29 is 13.2 Å². The molecule has 0 unspecified atom stereocenters. The maximum absolute atomic E-state index is 13.1. The lowest BCUT2D eigenvalue weighted by molar-refractivity contribution is 0.102. The number of nitrogens with two attached hydrogens (primary N) is 1. The summed E-state index contributed by atoms with van der Waals surface area (Å²) >= 11 is 0. The number of pyridine rings is 1. The number of primary sulfonamides is 1. The smallest absolute Gasteiger partial charge is 0.322 e. The number of hydrogen-bond donors (Lipinski definition) is 3. The van der Waals surface area contributed by atoms with Crippen molar-refractivity contribution in [1.82, 2.24) is 14.5 Å². The molecule has 0 spiro atoms. The highest BCUT2D eigenvalue weighted by atomic mass is 32.2. The highest BCUT2D eigenvalue weighted by Crippen LogP contribution is 2.40. The number of anilines is 1. The molecule has 0 aliphatic heterocycles. The second-order valence-electron chi connectivity index (χ2n) is 7.55. The lowest BCUT2D eigenvalue weighted by Gasteiger charge is -2.13.